The number of H-pyrrole nitrogens is 1. The number of aromatic amines is 1. The van der Waals surface area contributed by atoms with Gasteiger partial charge in [0.2, 0.25) is 0 Å². The maximum Gasteiger partial charge on any atom is 0.134 e. The van der Waals surface area contributed by atoms with Crippen LogP contribution in [0.4, 0.5) is 15.8 Å². The Hall–Kier alpha value is -5.56. The molecule has 6 aromatic rings. The first-order chi connectivity index (χ1) is 20.0. The zero-order valence-corrected chi connectivity index (χ0v) is 22.4. The van der Waals surface area contributed by atoms with Crippen molar-refractivity contribution in [3.8, 4) is 22.4 Å². The molecule has 0 radical (unpaired) electrons. The standard InChI is InChI=1S/C34H27FN6/c1-21-29(25-11-7-12-27(35)17-25)13-8-14-30(21)38-23(3)33-34-32(40-41-33)16-15-31(39-34)26-18-28(20-36-19-26)37-22(2)24-9-5-4-6-10-24/h4-20,37-38H,2-3H2,1H3,(H,40,41). The Morgan fingerprint density at radius 1 is 0.805 bits per heavy atom. The van der Waals surface area contributed by atoms with E-state index >= 15 is 0 Å². The van der Waals surface area contributed by atoms with E-state index in [0.717, 1.165) is 56.1 Å². The fourth-order valence-corrected chi connectivity index (χ4v) is 4.77. The van der Waals surface area contributed by atoms with E-state index in [1.165, 1.54) is 12.1 Å². The molecule has 0 amide bonds. The van der Waals surface area contributed by atoms with Crippen molar-refractivity contribution < 1.29 is 4.39 Å². The van der Waals surface area contributed by atoms with Gasteiger partial charge in [-0.2, -0.15) is 5.10 Å². The van der Waals surface area contributed by atoms with Crippen LogP contribution in [0, 0.1) is 12.7 Å². The van der Waals surface area contributed by atoms with Crippen LogP contribution in [-0.2, 0) is 0 Å². The van der Waals surface area contributed by atoms with Crippen LogP contribution in [0.5, 0.6) is 0 Å². The number of halogens is 1. The van der Waals surface area contributed by atoms with Gasteiger partial charge >= 0.3 is 0 Å². The highest BCUT2D eigenvalue weighted by Gasteiger charge is 2.15. The summed E-state index contributed by atoms with van der Waals surface area (Å²) in [5.74, 6) is -0.271. The van der Waals surface area contributed by atoms with E-state index in [4.69, 9.17) is 4.98 Å². The molecular formula is C34H27FN6. The summed E-state index contributed by atoms with van der Waals surface area (Å²) in [6, 6.07) is 28.2. The van der Waals surface area contributed by atoms with Gasteiger partial charge in [0.25, 0.3) is 0 Å². The number of nitrogens with zero attached hydrogens (tertiary/aromatic N) is 3. The maximum atomic E-state index is 13.9. The van der Waals surface area contributed by atoms with Crippen molar-refractivity contribution in [1.29, 1.82) is 0 Å². The molecule has 3 N–H and O–H groups in total. The third-order valence-corrected chi connectivity index (χ3v) is 6.90. The number of hydrogen-bond donors (Lipinski definition) is 3. The van der Waals surface area contributed by atoms with Crippen molar-refractivity contribution in [2.24, 2.45) is 0 Å². The number of anilines is 2. The van der Waals surface area contributed by atoms with Gasteiger partial charge in [0.05, 0.1) is 28.8 Å². The minimum atomic E-state index is -0.271. The lowest BCUT2D eigenvalue weighted by molar-refractivity contribution is 0.628. The van der Waals surface area contributed by atoms with E-state index in [1.807, 2.05) is 79.7 Å². The van der Waals surface area contributed by atoms with Crippen LogP contribution in [0.3, 0.4) is 0 Å². The number of fused-ring (bicyclic) bond motifs is 1. The van der Waals surface area contributed by atoms with E-state index in [2.05, 4.69) is 39.0 Å². The lowest BCUT2D eigenvalue weighted by Gasteiger charge is -2.14. The second kappa shape index (κ2) is 10.9. The molecular weight excluding hydrogens is 511 g/mol. The molecule has 3 aromatic carbocycles. The first kappa shape index (κ1) is 25.7. The molecule has 0 aliphatic rings. The zero-order chi connectivity index (χ0) is 28.3. The van der Waals surface area contributed by atoms with Crippen LogP contribution in [0.1, 0.15) is 16.8 Å². The number of nitrogens with one attached hydrogen (secondary N) is 3. The number of aromatic nitrogens is 4. The topological polar surface area (TPSA) is 78.5 Å². The van der Waals surface area contributed by atoms with Gasteiger partial charge in [0, 0.05) is 23.1 Å². The molecule has 3 heterocycles. The van der Waals surface area contributed by atoms with Gasteiger partial charge in [-0.05, 0) is 65.6 Å². The van der Waals surface area contributed by atoms with E-state index in [-0.39, 0.29) is 5.82 Å². The summed E-state index contributed by atoms with van der Waals surface area (Å²) in [5, 5.41) is 14.3. The van der Waals surface area contributed by atoms with Crippen molar-refractivity contribution >= 4 is 33.8 Å². The minimum Gasteiger partial charge on any atom is -0.354 e. The molecule has 7 heteroatoms. The van der Waals surface area contributed by atoms with Crippen molar-refractivity contribution in [3.05, 3.63) is 139 Å². The third-order valence-electron chi connectivity index (χ3n) is 6.90. The second-order valence-electron chi connectivity index (χ2n) is 9.69. The molecule has 0 unspecified atom stereocenters. The summed E-state index contributed by atoms with van der Waals surface area (Å²) in [7, 11) is 0. The van der Waals surface area contributed by atoms with Crippen LogP contribution in [0.2, 0.25) is 0 Å². The molecule has 0 saturated heterocycles. The van der Waals surface area contributed by atoms with Crippen molar-refractivity contribution in [3.63, 3.8) is 0 Å². The molecule has 0 spiro atoms. The van der Waals surface area contributed by atoms with E-state index in [1.54, 1.807) is 18.5 Å². The van der Waals surface area contributed by atoms with Gasteiger partial charge in [0.15, 0.2) is 0 Å². The predicted octanol–water partition coefficient (Wildman–Crippen LogP) is 8.30. The molecule has 6 rings (SSSR count). The first-order valence-corrected chi connectivity index (χ1v) is 13.1. The fraction of sp³-hybridized carbons (Fsp3) is 0.0294. The number of pyridine rings is 2. The van der Waals surface area contributed by atoms with Crippen LogP contribution < -0.4 is 10.6 Å². The Morgan fingerprint density at radius 3 is 2.46 bits per heavy atom. The van der Waals surface area contributed by atoms with E-state index in [0.29, 0.717) is 16.9 Å². The molecule has 200 valence electrons. The molecule has 0 bridgehead atoms. The summed E-state index contributed by atoms with van der Waals surface area (Å²) >= 11 is 0. The highest BCUT2D eigenvalue weighted by Crippen LogP contribution is 2.32. The molecule has 41 heavy (non-hydrogen) atoms. The summed E-state index contributed by atoms with van der Waals surface area (Å²) in [4.78, 5) is 9.33. The van der Waals surface area contributed by atoms with Gasteiger partial charge in [-0.25, -0.2) is 9.37 Å². The number of benzene rings is 3. The molecule has 3 aromatic heterocycles. The van der Waals surface area contributed by atoms with Crippen LogP contribution >= 0.6 is 0 Å². The van der Waals surface area contributed by atoms with Gasteiger partial charge in [0.1, 0.15) is 17.0 Å². The zero-order valence-electron chi connectivity index (χ0n) is 22.4. The monoisotopic (exact) mass is 538 g/mol. The molecule has 0 aliphatic carbocycles. The largest absolute Gasteiger partial charge is 0.354 e. The Morgan fingerprint density at radius 2 is 1.63 bits per heavy atom. The lowest BCUT2D eigenvalue weighted by atomic mass is 9.99. The predicted molar refractivity (Wildman–Crippen MR) is 165 cm³/mol. The molecule has 0 aliphatic heterocycles. The smallest absolute Gasteiger partial charge is 0.134 e. The fourth-order valence-electron chi connectivity index (χ4n) is 4.77. The van der Waals surface area contributed by atoms with Crippen LogP contribution in [0.25, 0.3) is 44.8 Å². The molecule has 0 atom stereocenters. The second-order valence-corrected chi connectivity index (χ2v) is 9.69. The quantitative estimate of drug-likeness (QED) is 0.182. The van der Waals surface area contributed by atoms with Gasteiger partial charge in [-0.3, -0.25) is 10.1 Å². The summed E-state index contributed by atoms with van der Waals surface area (Å²) in [6.45, 7) is 10.4. The summed E-state index contributed by atoms with van der Waals surface area (Å²) in [6.07, 6.45) is 3.53. The van der Waals surface area contributed by atoms with Crippen LogP contribution in [-0.4, -0.2) is 20.2 Å². The van der Waals surface area contributed by atoms with Crippen molar-refractivity contribution in [2.75, 3.05) is 10.6 Å². The molecule has 6 nitrogen and oxygen atoms in total. The average molecular weight is 539 g/mol. The van der Waals surface area contributed by atoms with Gasteiger partial charge < -0.3 is 10.6 Å². The first-order valence-electron chi connectivity index (χ1n) is 13.1. The van der Waals surface area contributed by atoms with Crippen molar-refractivity contribution in [1.82, 2.24) is 20.2 Å². The number of rotatable bonds is 8. The summed E-state index contributed by atoms with van der Waals surface area (Å²) in [5.41, 5.74) is 10.4. The van der Waals surface area contributed by atoms with Gasteiger partial charge in [-0.1, -0.05) is 67.8 Å². The average Bonchev–Trinajstić information content (AvgIpc) is 3.42. The normalized spacial score (nSPS) is 10.9. The van der Waals surface area contributed by atoms with Gasteiger partial charge in [-0.15, -0.1) is 0 Å². The Balaban J connectivity index is 1.27. The highest BCUT2D eigenvalue weighted by molar-refractivity contribution is 5.92. The van der Waals surface area contributed by atoms with Crippen LogP contribution in [0.15, 0.2) is 117 Å². The maximum absolute atomic E-state index is 13.9. The molecule has 0 saturated carbocycles. The minimum absolute atomic E-state index is 0.271. The van der Waals surface area contributed by atoms with E-state index in [9.17, 15) is 4.39 Å². The number of hydrogen-bond acceptors (Lipinski definition) is 5. The lowest BCUT2D eigenvalue weighted by Crippen LogP contribution is -2.02. The van der Waals surface area contributed by atoms with Crippen molar-refractivity contribution in [2.45, 2.75) is 6.92 Å². The highest BCUT2D eigenvalue weighted by atomic mass is 19.1. The summed E-state index contributed by atoms with van der Waals surface area (Å²) < 4.78 is 13.9. The Kier molecular flexibility index (Phi) is 6.83. The third kappa shape index (κ3) is 5.33. The Bertz CT molecular complexity index is 1910. The van der Waals surface area contributed by atoms with E-state index < -0.39 is 0 Å². The molecule has 0 fully saturated rings. The Labute approximate surface area is 237 Å². The SMILES string of the molecule is C=C(Nc1cncc(-c2ccc3[nH]nc(C(=C)Nc4cccc(-c5cccc(F)c5)c4C)c3n2)c1)c1ccccc1.